The summed E-state index contributed by atoms with van der Waals surface area (Å²) in [5.74, 6) is -0.268. The quantitative estimate of drug-likeness (QED) is 0.201. The molecule has 0 saturated heterocycles. The number of hydrogen-bond donors (Lipinski definition) is 0. The molecule has 1 aromatic rings. The molecule has 3 aliphatic rings. The van der Waals surface area contributed by atoms with Gasteiger partial charge in [0, 0.05) is 0 Å². The lowest BCUT2D eigenvalue weighted by molar-refractivity contribution is -0.144. The fourth-order valence-corrected chi connectivity index (χ4v) is 7.06. The Bertz CT molecular complexity index is 890. The van der Waals surface area contributed by atoms with Gasteiger partial charge in [-0.15, -0.1) is 6.58 Å². The zero-order chi connectivity index (χ0) is 24.8. The van der Waals surface area contributed by atoms with Crippen LogP contribution in [0.4, 0.5) is 8.78 Å². The van der Waals surface area contributed by atoms with Crippen molar-refractivity contribution < 1.29 is 23.0 Å². The Morgan fingerprint density at radius 3 is 2.34 bits per heavy atom. The smallest absolute Gasteiger partial charge is 0.314 e. The van der Waals surface area contributed by atoms with Crippen LogP contribution in [0, 0.1) is 47.1 Å². The van der Waals surface area contributed by atoms with Crippen molar-refractivity contribution in [1.82, 2.24) is 0 Å². The summed E-state index contributed by atoms with van der Waals surface area (Å²) >= 11 is 0. The average molecular weight is 487 g/mol. The van der Waals surface area contributed by atoms with E-state index in [0.717, 1.165) is 49.9 Å². The molecule has 4 atom stereocenters. The minimum Gasteiger partial charge on any atom is -0.486 e. The Morgan fingerprint density at radius 1 is 0.886 bits per heavy atom. The number of esters is 1. The molecule has 0 radical (unpaired) electrons. The van der Waals surface area contributed by atoms with E-state index in [4.69, 9.17) is 9.47 Å². The number of hydrogen-bond acceptors (Lipinski definition) is 3. The van der Waals surface area contributed by atoms with Crippen molar-refractivity contribution >= 4 is 5.97 Å². The highest BCUT2D eigenvalue weighted by Gasteiger charge is 2.43. The van der Waals surface area contributed by atoms with E-state index in [1.165, 1.54) is 63.2 Å². The molecule has 3 nitrogen and oxygen atoms in total. The van der Waals surface area contributed by atoms with Gasteiger partial charge in [0.25, 0.3) is 0 Å². The van der Waals surface area contributed by atoms with E-state index < -0.39 is 17.6 Å². The summed E-state index contributed by atoms with van der Waals surface area (Å²) < 4.78 is 39.4. The first-order valence-electron chi connectivity index (χ1n) is 13.6. The molecule has 3 saturated carbocycles. The second-order valence-electron chi connectivity index (χ2n) is 10.9. The Kier molecular flexibility index (Phi) is 9.02. The van der Waals surface area contributed by atoms with Gasteiger partial charge in [0.05, 0.1) is 5.92 Å². The largest absolute Gasteiger partial charge is 0.486 e. The number of benzene rings is 1. The van der Waals surface area contributed by atoms with Crippen LogP contribution in [-0.4, -0.2) is 12.6 Å². The predicted octanol–water partition coefficient (Wildman–Crippen LogP) is 8.04. The maximum absolute atomic E-state index is 14.5. The van der Waals surface area contributed by atoms with Gasteiger partial charge in [-0.05, 0) is 93.1 Å². The molecule has 0 aliphatic heterocycles. The lowest BCUT2D eigenvalue weighted by Gasteiger charge is -2.46. The molecule has 35 heavy (non-hydrogen) atoms. The highest BCUT2D eigenvalue weighted by molar-refractivity contribution is 5.75. The van der Waals surface area contributed by atoms with Crippen LogP contribution >= 0.6 is 0 Å². The summed E-state index contributed by atoms with van der Waals surface area (Å²) in [6.45, 7) is 7.43. The first-order chi connectivity index (χ1) is 17.0. The topological polar surface area (TPSA) is 35.5 Å². The molecule has 5 heteroatoms. The van der Waals surface area contributed by atoms with Gasteiger partial charge in [0.2, 0.25) is 11.6 Å². The third kappa shape index (κ3) is 6.16. The third-order valence-electron chi connectivity index (χ3n) is 8.91. The van der Waals surface area contributed by atoms with Crippen molar-refractivity contribution in [3.8, 4) is 11.5 Å². The van der Waals surface area contributed by atoms with Crippen molar-refractivity contribution in [2.24, 2.45) is 35.5 Å². The maximum Gasteiger partial charge on any atom is 0.314 e. The summed E-state index contributed by atoms with van der Waals surface area (Å²) in [5.41, 5.74) is 0. The molecular weight excluding hydrogens is 446 g/mol. The molecule has 192 valence electrons. The van der Waals surface area contributed by atoms with Crippen LogP contribution in [-0.2, 0) is 4.79 Å². The fraction of sp³-hybridized carbons (Fsp3) is 0.633. The molecule has 4 unspecified atom stereocenters. The third-order valence-corrected chi connectivity index (χ3v) is 8.91. The molecule has 1 aromatic carbocycles. The fourth-order valence-electron chi connectivity index (χ4n) is 7.06. The zero-order valence-electron chi connectivity index (χ0n) is 20.9. The van der Waals surface area contributed by atoms with Crippen molar-refractivity contribution in [3.05, 3.63) is 49.1 Å². The van der Waals surface area contributed by atoms with Gasteiger partial charge in [-0.3, -0.25) is 4.79 Å². The summed E-state index contributed by atoms with van der Waals surface area (Å²) in [5, 5.41) is 0. The van der Waals surface area contributed by atoms with Gasteiger partial charge in [-0.25, -0.2) is 0 Å². The highest BCUT2D eigenvalue weighted by Crippen LogP contribution is 2.50. The van der Waals surface area contributed by atoms with Crippen LogP contribution in [0.1, 0.15) is 77.0 Å². The van der Waals surface area contributed by atoms with Crippen molar-refractivity contribution in [2.75, 3.05) is 6.61 Å². The van der Waals surface area contributed by atoms with Crippen molar-refractivity contribution in [1.29, 1.82) is 0 Å². The van der Waals surface area contributed by atoms with Gasteiger partial charge in [0.1, 0.15) is 6.61 Å². The first kappa shape index (κ1) is 25.9. The summed E-state index contributed by atoms with van der Waals surface area (Å²) in [6, 6.07) is 2.57. The van der Waals surface area contributed by atoms with Crippen LogP contribution in [0.5, 0.6) is 11.5 Å². The summed E-state index contributed by atoms with van der Waals surface area (Å²) in [7, 11) is 0. The van der Waals surface area contributed by atoms with Crippen LogP contribution in [0.3, 0.4) is 0 Å². The van der Waals surface area contributed by atoms with Gasteiger partial charge in [0.15, 0.2) is 11.5 Å². The van der Waals surface area contributed by atoms with E-state index in [9.17, 15) is 13.6 Å². The average Bonchev–Trinajstić information content (AvgIpc) is 2.89. The number of allylic oxidation sites excluding steroid dienone is 1. The number of fused-ring (bicyclic) bond motifs is 1. The van der Waals surface area contributed by atoms with Crippen molar-refractivity contribution in [2.45, 2.75) is 77.0 Å². The SMILES string of the molecule is C=CCCC1CCC(C2CCC3C(CCCC3C(=O)Oc3ccc(OCC=C)c(F)c3F)C2)CC1. The Hall–Kier alpha value is -2.17. The molecule has 0 N–H and O–H groups in total. The highest BCUT2D eigenvalue weighted by atomic mass is 19.2. The number of rotatable bonds is 9. The minimum absolute atomic E-state index is 0.0678. The minimum atomic E-state index is -1.18. The molecule has 0 spiro atoms. The summed E-state index contributed by atoms with van der Waals surface area (Å²) in [6.07, 6.45) is 17.6. The van der Waals surface area contributed by atoms with E-state index in [1.54, 1.807) is 0 Å². The van der Waals surface area contributed by atoms with E-state index in [0.29, 0.717) is 11.8 Å². The maximum atomic E-state index is 14.5. The van der Waals surface area contributed by atoms with Crippen LogP contribution in [0.2, 0.25) is 0 Å². The Balaban J connectivity index is 1.33. The van der Waals surface area contributed by atoms with E-state index in [-0.39, 0.29) is 24.0 Å². The van der Waals surface area contributed by atoms with E-state index in [1.807, 2.05) is 6.08 Å². The van der Waals surface area contributed by atoms with Crippen molar-refractivity contribution in [3.63, 3.8) is 0 Å². The number of halogens is 2. The lowest BCUT2D eigenvalue weighted by atomic mass is 9.59. The van der Waals surface area contributed by atoms with Crippen LogP contribution in [0.15, 0.2) is 37.4 Å². The molecule has 0 amide bonds. The van der Waals surface area contributed by atoms with E-state index >= 15 is 0 Å². The number of carbonyl (C=O) groups is 1. The standard InChI is InChI=1S/C30H40F2O3/c1-3-5-7-20-10-12-21(13-11-20)22-14-15-24-23(19-22)8-6-9-25(24)30(33)35-27-17-16-26(34-18-4-2)28(31)29(27)32/h3-4,16-17,20-25H,1-2,5-15,18-19H2. The zero-order valence-corrected chi connectivity index (χ0v) is 20.9. The monoisotopic (exact) mass is 486 g/mol. The van der Waals surface area contributed by atoms with Gasteiger partial charge in [-0.1, -0.05) is 44.4 Å². The molecule has 0 heterocycles. The van der Waals surface area contributed by atoms with Gasteiger partial charge in [-0.2, -0.15) is 8.78 Å². The predicted molar refractivity (Wildman–Crippen MR) is 134 cm³/mol. The van der Waals surface area contributed by atoms with Crippen LogP contribution < -0.4 is 9.47 Å². The van der Waals surface area contributed by atoms with Gasteiger partial charge < -0.3 is 9.47 Å². The normalized spacial score (nSPS) is 30.7. The Labute approximate surface area is 209 Å². The molecule has 0 aromatic heterocycles. The number of ether oxygens (including phenoxy) is 2. The second kappa shape index (κ2) is 12.2. The van der Waals surface area contributed by atoms with Crippen LogP contribution in [0.25, 0.3) is 0 Å². The lowest BCUT2D eigenvalue weighted by Crippen LogP contribution is -2.40. The first-order valence-corrected chi connectivity index (χ1v) is 13.6. The van der Waals surface area contributed by atoms with E-state index in [2.05, 4.69) is 13.2 Å². The van der Waals surface area contributed by atoms with Gasteiger partial charge >= 0.3 is 5.97 Å². The summed E-state index contributed by atoms with van der Waals surface area (Å²) in [4.78, 5) is 13.1. The molecule has 4 rings (SSSR count). The number of carbonyl (C=O) groups excluding carboxylic acids is 1. The molecule has 0 bridgehead atoms. The Morgan fingerprint density at radius 2 is 1.60 bits per heavy atom. The molecule has 3 fully saturated rings. The second-order valence-corrected chi connectivity index (χ2v) is 10.9. The molecular formula is C30H40F2O3. The molecule has 3 aliphatic carbocycles.